The van der Waals surface area contributed by atoms with Gasteiger partial charge in [-0.2, -0.15) is 5.10 Å². The van der Waals surface area contributed by atoms with Gasteiger partial charge in [0.1, 0.15) is 5.15 Å². The molecule has 4 nitrogen and oxygen atoms in total. The van der Waals surface area contributed by atoms with E-state index in [9.17, 15) is 4.79 Å². The van der Waals surface area contributed by atoms with Gasteiger partial charge in [-0.1, -0.05) is 11.6 Å². The van der Waals surface area contributed by atoms with E-state index in [-0.39, 0.29) is 11.6 Å². The van der Waals surface area contributed by atoms with Crippen LogP contribution in [0.1, 0.15) is 19.9 Å². The van der Waals surface area contributed by atoms with E-state index >= 15 is 0 Å². The highest BCUT2D eigenvalue weighted by molar-refractivity contribution is 6.29. The lowest BCUT2D eigenvalue weighted by atomic mass is 10.2. The fourth-order valence-electron chi connectivity index (χ4n) is 1.48. The molecule has 0 saturated carbocycles. The highest BCUT2D eigenvalue weighted by atomic mass is 35.5. The first-order chi connectivity index (χ1) is 8.08. The zero-order chi connectivity index (χ0) is 12.4. The topological polar surface area (TPSA) is 47.8 Å². The first-order valence-electron chi connectivity index (χ1n) is 5.30. The van der Waals surface area contributed by atoms with Gasteiger partial charge in [0, 0.05) is 17.8 Å². The minimum atomic E-state index is -0.106. The van der Waals surface area contributed by atoms with Crippen LogP contribution in [0.5, 0.6) is 0 Å². The largest absolute Gasteiger partial charge is 0.268 e. The lowest BCUT2D eigenvalue weighted by molar-refractivity contribution is 0.505. The summed E-state index contributed by atoms with van der Waals surface area (Å²) in [7, 11) is 0. The fourth-order valence-corrected chi connectivity index (χ4v) is 1.59. The van der Waals surface area contributed by atoms with E-state index in [4.69, 9.17) is 11.6 Å². The maximum Gasteiger partial charge on any atom is 0.267 e. The predicted octanol–water partition coefficient (Wildman–Crippen LogP) is 2.54. The summed E-state index contributed by atoms with van der Waals surface area (Å²) in [5.41, 5.74) is 1.44. The molecule has 0 N–H and O–H groups in total. The average Bonchev–Trinajstić information content (AvgIpc) is 2.30. The fraction of sp³-hybridized carbons (Fsp3) is 0.250. The molecule has 2 heterocycles. The van der Waals surface area contributed by atoms with Gasteiger partial charge in [-0.25, -0.2) is 9.67 Å². The minimum absolute atomic E-state index is 0.0303. The van der Waals surface area contributed by atoms with Crippen molar-refractivity contribution in [3.8, 4) is 11.3 Å². The van der Waals surface area contributed by atoms with E-state index in [2.05, 4.69) is 10.1 Å². The summed E-state index contributed by atoms with van der Waals surface area (Å²) in [6, 6.07) is 6.75. The van der Waals surface area contributed by atoms with Crippen LogP contribution in [0.15, 0.2) is 35.3 Å². The van der Waals surface area contributed by atoms with E-state index in [0.717, 1.165) is 5.56 Å². The maximum atomic E-state index is 11.6. The standard InChI is InChI=1S/C12H12ClN3O/c1-8(2)16-12(17)6-4-10(15-16)9-3-5-11(13)14-7-9/h3-8H,1-2H3. The van der Waals surface area contributed by atoms with Crippen LogP contribution in [0.2, 0.25) is 5.15 Å². The molecule has 0 aliphatic carbocycles. The Morgan fingerprint density at radius 2 is 2.00 bits per heavy atom. The molecule has 2 aromatic rings. The molecule has 0 radical (unpaired) electrons. The molecule has 88 valence electrons. The van der Waals surface area contributed by atoms with Gasteiger partial charge in [-0.3, -0.25) is 4.79 Å². The number of hydrogen-bond donors (Lipinski definition) is 0. The van der Waals surface area contributed by atoms with Crippen molar-refractivity contribution in [2.45, 2.75) is 19.9 Å². The molecule has 0 aromatic carbocycles. The second-order valence-electron chi connectivity index (χ2n) is 3.96. The Morgan fingerprint density at radius 1 is 1.24 bits per heavy atom. The van der Waals surface area contributed by atoms with E-state index in [1.165, 1.54) is 10.7 Å². The molecule has 0 amide bonds. The molecule has 17 heavy (non-hydrogen) atoms. The second kappa shape index (κ2) is 4.67. The molecule has 0 saturated heterocycles. The Kier molecular flexibility index (Phi) is 3.24. The summed E-state index contributed by atoms with van der Waals surface area (Å²) in [5, 5.41) is 4.73. The summed E-state index contributed by atoms with van der Waals surface area (Å²) in [5.74, 6) is 0. The molecule has 0 fully saturated rings. The third kappa shape index (κ3) is 2.53. The van der Waals surface area contributed by atoms with Gasteiger partial charge >= 0.3 is 0 Å². The molecule has 0 atom stereocenters. The van der Waals surface area contributed by atoms with Crippen LogP contribution in [0, 0.1) is 0 Å². The number of rotatable bonds is 2. The van der Waals surface area contributed by atoms with Crippen LogP contribution in [0.3, 0.4) is 0 Å². The van der Waals surface area contributed by atoms with Crippen LogP contribution < -0.4 is 5.56 Å². The normalized spacial score (nSPS) is 10.8. The number of aromatic nitrogens is 3. The molecule has 2 rings (SSSR count). The Morgan fingerprint density at radius 3 is 2.59 bits per heavy atom. The number of pyridine rings is 1. The number of halogens is 1. The highest BCUT2D eigenvalue weighted by Gasteiger charge is 2.06. The van der Waals surface area contributed by atoms with E-state index in [1.54, 1.807) is 18.3 Å². The van der Waals surface area contributed by atoms with Gasteiger partial charge < -0.3 is 0 Å². The van der Waals surface area contributed by atoms with Gasteiger partial charge in [-0.15, -0.1) is 0 Å². The molecule has 2 aromatic heterocycles. The third-order valence-electron chi connectivity index (χ3n) is 2.34. The zero-order valence-electron chi connectivity index (χ0n) is 9.59. The summed E-state index contributed by atoms with van der Waals surface area (Å²) >= 11 is 5.72. The smallest absolute Gasteiger partial charge is 0.267 e. The molecular weight excluding hydrogens is 238 g/mol. The average molecular weight is 250 g/mol. The molecular formula is C12H12ClN3O. The Balaban J connectivity index is 2.50. The summed E-state index contributed by atoms with van der Waals surface area (Å²) < 4.78 is 1.45. The third-order valence-corrected chi connectivity index (χ3v) is 2.56. The van der Waals surface area contributed by atoms with E-state index in [1.807, 2.05) is 19.9 Å². The summed E-state index contributed by atoms with van der Waals surface area (Å²) in [6.45, 7) is 3.83. The van der Waals surface area contributed by atoms with Crippen molar-refractivity contribution in [3.63, 3.8) is 0 Å². The Hall–Kier alpha value is -1.68. The van der Waals surface area contributed by atoms with Gasteiger partial charge in [0.05, 0.1) is 11.7 Å². The first kappa shape index (κ1) is 11.8. The van der Waals surface area contributed by atoms with Crippen LogP contribution in [-0.4, -0.2) is 14.8 Å². The second-order valence-corrected chi connectivity index (χ2v) is 4.35. The van der Waals surface area contributed by atoms with Crippen molar-refractivity contribution in [1.82, 2.24) is 14.8 Å². The lowest BCUT2D eigenvalue weighted by Gasteiger charge is -2.09. The Labute approximate surface area is 104 Å². The van der Waals surface area contributed by atoms with Crippen molar-refractivity contribution in [1.29, 1.82) is 0 Å². The number of hydrogen-bond acceptors (Lipinski definition) is 3. The van der Waals surface area contributed by atoms with Gasteiger partial charge in [0.25, 0.3) is 5.56 Å². The van der Waals surface area contributed by atoms with Crippen molar-refractivity contribution in [2.24, 2.45) is 0 Å². The van der Waals surface area contributed by atoms with Crippen LogP contribution in [-0.2, 0) is 0 Å². The van der Waals surface area contributed by atoms with E-state index < -0.39 is 0 Å². The lowest BCUT2D eigenvalue weighted by Crippen LogP contribution is -2.23. The van der Waals surface area contributed by atoms with Gasteiger partial charge in [-0.05, 0) is 32.0 Å². The Bertz CT molecular complexity index is 575. The predicted molar refractivity (Wildman–Crippen MR) is 67.1 cm³/mol. The van der Waals surface area contributed by atoms with Crippen LogP contribution in [0.25, 0.3) is 11.3 Å². The molecule has 5 heteroatoms. The van der Waals surface area contributed by atoms with Crippen molar-refractivity contribution in [2.75, 3.05) is 0 Å². The highest BCUT2D eigenvalue weighted by Crippen LogP contribution is 2.16. The summed E-state index contributed by atoms with van der Waals surface area (Å²) in [4.78, 5) is 15.6. The molecule has 0 unspecified atom stereocenters. The van der Waals surface area contributed by atoms with Gasteiger partial charge in [0.2, 0.25) is 0 Å². The molecule has 0 aliphatic rings. The van der Waals surface area contributed by atoms with E-state index in [0.29, 0.717) is 10.8 Å². The SMILES string of the molecule is CC(C)n1nc(-c2ccc(Cl)nc2)ccc1=O. The van der Waals surface area contributed by atoms with Crippen molar-refractivity contribution in [3.05, 3.63) is 46.0 Å². The van der Waals surface area contributed by atoms with Crippen LogP contribution in [0.4, 0.5) is 0 Å². The monoisotopic (exact) mass is 249 g/mol. The van der Waals surface area contributed by atoms with Gasteiger partial charge in [0.15, 0.2) is 0 Å². The number of nitrogens with zero attached hydrogens (tertiary/aromatic N) is 3. The minimum Gasteiger partial charge on any atom is -0.268 e. The molecule has 0 spiro atoms. The van der Waals surface area contributed by atoms with Crippen LogP contribution >= 0.6 is 11.6 Å². The maximum absolute atomic E-state index is 11.6. The molecule has 0 bridgehead atoms. The quantitative estimate of drug-likeness (QED) is 0.769. The van der Waals surface area contributed by atoms with Crippen molar-refractivity contribution < 1.29 is 0 Å². The van der Waals surface area contributed by atoms with Crippen molar-refractivity contribution >= 4 is 11.6 Å². The zero-order valence-corrected chi connectivity index (χ0v) is 10.3. The summed E-state index contributed by atoms with van der Waals surface area (Å²) in [6.07, 6.45) is 1.64. The first-order valence-corrected chi connectivity index (χ1v) is 5.67. The molecule has 0 aliphatic heterocycles.